The van der Waals surface area contributed by atoms with Gasteiger partial charge in [-0.05, 0) is 25.5 Å². The van der Waals surface area contributed by atoms with Gasteiger partial charge in [-0.3, -0.25) is 0 Å². The van der Waals surface area contributed by atoms with Gasteiger partial charge in [-0.25, -0.2) is 32.1 Å². The molecule has 152 valence electrons. The van der Waals surface area contributed by atoms with Crippen LogP contribution in [-0.2, 0) is 21.3 Å². The molecule has 0 spiro atoms. The number of rotatable bonds is 7. The third kappa shape index (κ3) is 4.22. The van der Waals surface area contributed by atoms with Crippen molar-refractivity contribution in [3.8, 4) is 6.01 Å². The van der Waals surface area contributed by atoms with Gasteiger partial charge in [0.2, 0.25) is 0 Å². The predicted molar refractivity (Wildman–Crippen MR) is 96.8 cm³/mol. The molecular formula is C16H20N4O7S. The number of esters is 1. The molecule has 0 saturated heterocycles. The summed E-state index contributed by atoms with van der Waals surface area (Å²) < 4.78 is 38.2. The third-order valence-electron chi connectivity index (χ3n) is 3.58. The molecule has 1 N–H and O–H groups in total. The SMILES string of the molecule is CCCOc1nn(C(=O)NS(=O)(=O)c2ccccc2C(=O)OC)c(=O)n1CC. The van der Waals surface area contributed by atoms with Crippen molar-refractivity contribution in [3.05, 3.63) is 40.3 Å². The highest BCUT2D eigenvalue weighted by Gasteiger charge is 2.27. The Balaban J connectivity index is 2.39. The number of nitrogens with one attached hydrogen (secondary N) is 1. The molecule has 1 amide bonds. The Labute approximate surface area is 160 Å². The van der Waals surface area contributed by atoms with Crippen LogP contribution in [0.3, 0.4) is 0 Å². The Hall–Kier alpha value is -3.15. The van der Waals surface area contributed by atoms with Crippen LogP contribution in [0.25, 0.3) is 0 Å². The molecule has 1 aromatic carbocycles. The van der Waals surface area contributed by atoms with Crippen molar-refractivity contribution < 1.29 is 27.5 Å². The van der Waals surface area contributed by atoms with Crippen molar-refractivity contribution in [1.29, 1.82) is 0 Å². The summed E-state index contributed by atoms with van der Waals surface area (Å²) in [6.45, 7) is 3.93. The zero-order valence-electron chi connectivity index (χ0n) is 15.5. The highest BCUT2D eigenvalue weighted by atomic mass is 32.2. The van der Waals surface area contributed by atoms with Crippen LogP contribution in [-0.4, -0.2) is 48.5 Å². The van der Waals surface area contributed by atoms with Crippen LogP contribution in [0.2, 0.25) is 0 Å². The smallest absolute Gasteiger partial charge is 0.360 e. The quantitative estimate of drug-likeness (QED) is 0.652. The van der Waals surface area contributed by atoms with Gasteiger partial charge in [0.05, 0.1) is 19.3 Å². The number of benzene rings is 1. The number of aromatic nitrogens is 3. The fraction of sp³-hybridized carbons (Fsp3) is 0.375. The maximum Gasteiger partial charge on any atom is 0.360 e. The summed E-state index contributed by atoms with van der Waals surface area (Å²) >= 11 is 0. The number of carbonyl (C=O) groups is 2. The predicted octanol–water partition coefficient (Wildman–Crippen LogP) is 0.587. The molecule has 2 aromatic rings. The van der Waals surface area contributed by atoms with Crippen molar-refractivity contribution in [2.24, 2.45) is 0 Å². The largest absolute Gasteiger partial charge is 0.465 e. The first kappa shape index (κ1) is 21.2. The van der Waals surface area contributed by atoms with E-state index >= 15 is 0 Å². The summed E-state index contributed by atoms with van der Waals surface area (Å²) in [5.41, 5.74) is -1.12. The van der Waals surface area contributed by atoms with Crippen molar-refractivity contribution in [2.45, 2.75) is 31.7 Å². The molecular weight excluding hydrogens is 392 g/mol. The van der Waals surface area contributed by atoms with Crippen molar-refractivity contribution in [2.75, 3.05) is 13.7 Å². The lowest BCUT2D eigenvalue weighted by atomic mass is 10.2. The third-order valence-corrected chi connectivity index (χ3v) is 4.95. The number of ether oxygens (including phenoxy) is 2. The second-order valence-corrected chi connectivity index (χ2v) is 7.12. The van der Waals surface area contributed by atoms with E-state index in [0.717, 1.165) is 17.7 Å². The van der Waals surface area contributed by atoms with E-state index in [1.807, 2.05) is 6.92 Å². The molecule has 0 aliphatic rings. The first-order valence-corrected chi connectivity index (χ1v) is 9.82. The Morgan fingerprint density at radius 3 is 2.50 bits per heavy atom. The topological polar surface area (TPSA) is 139 Å². The zero-order valence-corrected chi connectivity index (χ0v) is 16.4. The molecule has 11 nitrogen and oxygen atoms in total. The van der Waals surface area contributed by atoms with Gasteiger partial charge in [-0.2, -0.15) is 0 Å². The number of hydrogen-bond acceptors (Lipinski definition) is 8. The summed E-state index contributed by atoms with van der Waals surface area (Å²) in [5.74, 6) is -0.892. The molecule has 0 atom stereocenters. The number of methoxy groups -OCH3 is 1. The molecule has 0 radical (unpaired) electrons. The lowest BCUT2D eigenvalue weighted by Gasteiger charge is -2.09. The van der Waals surface area contributed by atoms with E-state index in [9.17, 15) is 22.8 Å². The highest BCUT2D eigenvalue weighted by Crippen LogP contribution is 2.16. The van der Waals surface area contributed by atoms with Crippen molar-refractivity contribution in [3.63, 3.8) is 0 Å². The summed E-state index contributed by atoms with van der Waals surface area (Å²) in [5, 5.41) is 3.75. The van der Waals surface area contributed by atoms with Gasteiger partial charge in [0, 0.05) is 6.54 Å². The summed E-state index contributed by atoms with van der Waals surface area (Å²) in [6, 6.07) is 3.78. The van der Waals surface area contributed by atoms with E-state index in [0.29, 0.717) is 11.1 Å². The van der Waals surface area contributed by atoms with Crippen LogP contribution in [0.1, 0.15) is 30.6 Å². The van der Waals surface area contributed by atoms with E-state index in [2.05, 4.69) is 9.84 Å². The molecule has 1 heterocycles. The number of carbonyl (C=O) groups excluding carboxylic acids is 2. The van der Waals surface area contributed by atoms with E-state index in [-0.39, 0.29) is 24.7 Å². The highest BCUT2D eigenvalue weighted by molar-refractivity contribution is 7.90. The molecule has 0 bridgehead atoms. The van der Waals surface area contributed by atoms with Crippen LogP contribution in [0, 0.1) is 0 Å². The van der Waals surface area contributed by atoms with Crippen LogP contribution in [0.15, 0.2) is 34.0 Å². The standard InChI is InChI=1S/C16H20N4O7S/c1-4-10-27-15-17-20(16(23)19(15)5-2)14(22)18-28(24,25)12-9-7-6-8-11(12)13(21)26-3/h6-9H,4-5,10H2,1-3H3,(H,18,22). The van der Waals surface area contributed by atoms with Crippen molar-refractivity contribution >= 4 is 22.0 Å². The number of sulfonamides is 1. The molecule has 0 unspecified atom stereocenters. The molecule has 0 aliphatic carbocycles. The second kappa shape index (κ2) is 8.69. The van der Waals surface area contributed by atoms with Gasteiger partial charge < -0.3 is 9.47 Å². The minimum Gasteiger partial charge on any atom is -0.465 e. The first-order chi connectivity index (χ1) is 13.3. The summed E-state index contributed by atoms with van der Waals surface area (Å²) in [6.07, 6.45) is 0.648. The minimum absolute atomic E-state index is 0.100. The lowest BCUT2D eigenvalue weighted by Crippen LogP contribution is -2.41. The van der Waals surface area contributed by atoms with Crippen LogP contribution in [0.5, 0.6) is 6.01 Å². The van der Waals surface area contributed by atoms with Crippen molar-refractivity contribution in [1.82, 2.24) is 19.1 Å². The molecule has 0 saturated carbocycles. The summed E-state index contributed by atoms with van der Waals surface area (Å²) in [4.78, 5) is 36.0. The number of nitrogens with zero attached hydrogens (tertiary/aromatic N) is 3. The Morgan fingerprint density at radius 1 is 1.21 bits per heavy atom. The fourth-order valence-electron chi connectivity index (χ4n) is 2.27. The van der Waals surface area contributed by atoms with Gasteiger partial charge in [-0.1, -0.05) is 19.1 Å². The summed E-state index contributed by atoms with van der Waals surface area (Å²) in [7, 11) is -3.39. The van der Waals surface area contributed by atoms with Gasteiger partial charge in [-0.15, -0.1) is 9.78 Å². The van der Waals surface area contributed by atoms with Gasteiger partial charge >= 0.3 is 23.7 Å². The molecule has 28 heavy (non-hydrogen) atoms. The maximum absolute atomic E-state index is 12.6. The van der Waals surface area contributed by atoms with E-state index in [1.165, 1.54) is 18.2 Å². The van der Waals surface area contributed by atoms with Gasteiger partial charge in [0.25, 0.3) is 10.0 Å². The van der Waals surface area contributed by atoms with Gasteiger partial charge in [0.15, 0.2) is 0 Å². The van der Waals surface area contributed by atoms with E-state index < -0.39 is 32.6 Å². The van der Waals surface area contributed by atoms with Gasteiger partial charge in [0.1, 0.15) is 4.90 Å². The molecule has 2 rings (SSSR count). The van der Waals surface area contributed by atoms with E-state index in [1.54, 1.807) is 11.6 Å². The maximum atomic E-state index is 12.6. The van der Waals surface area contributed by atoms with Crippen LogP contribution >= 0.6 is 0 Å². The Bertz CT molecular complexity index is 1040. The second-order valence-electron chi connectivity index (χ2n) is 5.47. The Morgan fingerprint density at radius 2 is 1.89 bits per heavy atom. The number of amides is 1. The molecule has 1 aromatic heterocycles. The normalized spacial score (nSPS) is 11.1. The molecule has 0 fully saturated rings. The number of hydrogen-bond donors (Lipinski definition) is 1. The average molecular weight is 412 g/mol. The lowest BCUT2D eigenvalue weighted by molar-refractivity contribution is 0.0596. The zero-order chi connectivity index (χ0) is 20.9. The van der Waals surface area contributed by atoms with E-state index in [4.69, 9.17) is 4.74 Å². The molecule has 0 aliphatic heterocycles. The Kier molecular flexibility index (Phi) is 6.57. The van der Waals surface area contributed by atoms with Crippen LogP contribution < -0.4 is 15.1 Å². The average Bonchev–Trinajstić information content (AvgIpc) is 3.00. The first-order valence-electron chi connectivity index (χ1n) is 8.33. The minimum atomic E-state index is -4.49. The fourth-order valence-corrected chi connectivity index (χ4v) is 3.40. The molecule has 12 heteroatoms. The monoisotopic (exact) mass is 412 g/mol. The van der Waals surface area contributed by atoms with Crippen LogP contribution in [0.4, 0.5) is 4.79 Å².